The minimum Gasteiger partial charge on any atom is -0.478 e. The van der Waals surface area contributed by atoms with E-state index in [2.05, 4.69) is 5.32 Å². The quantitative estimate of drug-likeness (QED) is 0.876. The van der Waals surface area contributed by atoms with E-state index in [1.165, 1.54) is 25.1 Å². The molecule has 1 amide bonds. The third-order valence-corrected chi connectivity index (χ3v) is 4.32. The number of carbonyl (C=O) groups is 2. The maximum absolute atomic E-state index is 11.7. The van der Waals surface area contributed by atoms with Gasteiger partial charge in [-0.3, -0.25) is 4.79 Å². The molecule has 0 saturated carbocycles. The maximum atomic E-state index is 11.7. The second kappa shape index (κ2) is 5.58. The van der Waals surface area contributed by atoms with Gasteiger partial charge in [-0.2, -0.15) is 0 Å². The lowest BCUT2D eigenvalue weighted by Crippen LogP contribution is -2.32. The fourth-order valence-corrected chi connectivity index (χ4v) is 1.92. The van der Waals surface area contributed by atoms with Crippen LogP contribution in [0.3, 0.4) is 0 Å². The van der Waals surface area contributed by atoms with Crippen molar-refractivity contribution >= 4 is 39.0 Å². The van der Waals surface area contributed by atoms with E-state index >= 15 is 0 Å². The Labute approximate surface area is 115 Å². The summed E-state index contributed by atoms with van der Waals surface area (Å²) in [5.74, 6) is -2.11. The van der Waals surface area contributed by atoms with Gasteiger partial charge in [-0.1, -0.05) is 17.7 Å². The highest BCUT2D eigenvalue weighted by molar-refractivity contribution is 7.92. The highest BCUT2D eigenvalue weighted by Gasteiger charge is 2.25. The van der Waals surface area contributed by atoms with Gasteiger partial charge in [-0.05, 0) is 19.1 Å². The van der Waals surface area contributed by atoms with E-state index in [9.17, 15) is 18.0 Å². The number of carbonyl (C=O) groups excluding carboxylic acids is 1. The molecule has 1 aromatic rings. The summed E-state index contributed by atoms with van der Waals surface area (Å²) in [6.07, 6.45) is 0.919. The number of rotatable bonds is 4. The normalized spacial score (nSPS) is 12.8. The minimum absolute atomic E-state index is 0.0222. The highest BCUT2D eigenvalue weighted by atomic mass is 35.5. The molecule has 6 nitrogen and oxygen atoms in total. The molecular formula is C11H12ClNO5S. The van der Waals surface area contributed by atoms with Gasteiger partial charge in [-0.25, -0.2) is 13.2 Å². The van der Waals surface area contributed by atoms with Gasteiger partial charge in [0.05, 0.1) is 16.3 Å². The summed E-state index contributed by atoms with van der Waals surface area (Å²) in [7, 11) is -3.57. The third-order valence-electron chi connectivity index (χ3n) is 2.50. The summed E-state index contributed by atoms with van der Waals surface area (Å²) in [6, 6.07) is 4.07. The standard InChI is InChI=1S/C11H12ClNO5S/c1-6(19(2,17)18)10(14)13-9-7(11(15)16)4-3-5-8(9)12/h3-6H,1-2H3,(H,13,14)(H,15,16). The van der Waals surface area contributed by atoms with E-state index in [0.29, 0.717) is 0 Å². The Morgan fingerprint density at radius 3 is 2.42 bits per heavy atom. The Morgan fingerprint density at radius 1 is 1.37 bits per heavy atom. The molecule has 1 unspecified atom stereocenters. The fourth-order valence-electron chi connectivity index (χ4n) is 1.25. The van der Waals surface area contributed by atoms with Crippen molar-refractivity contribution in [3.8, 4) is 0 Å². The minimum atomic E-state index is -3.57. The van der Waals surface area contributed by atoms with Crippen LogP contribution in [0.4, 0.5) is 5.69 Å². The first kappa shape index (κ1) is 15.5. The van der Waals surface area contributed by atoms with Gasteiger partial charge in [0.1, 0.15) is 5.25 Å². The first-order chi connectivity index (χ1) is 8.64. The molecule has 0 fully saturated rings. The van der Waals surface area contributed by atoms with Gasteiger partial charge in [-0.15, -0.1) is 0 Å². The van der Waals surface area contributed by atoms with Gasteiger partial charge >= 0.3 is 5.97 Å². The molecule has 0 spiro atoms. The topological polar surface area (TPSA) is 101 Å². The van der Waals surface area contributed by atoms with Crippen molar-refractivity contribution in [3.63, 3.8) is 0 Å². The number of anilines is 1. The van der Waals surface area contributed by atoms with Gasteiger partial charge in [0.25, 0.3) is 0 Å². The van der Waals surface area contributed by atoms with Crippen LogP contribution in [0.25, 0.3) is 0 Å². The zero-order valence-corrected chi connectivity index (χ0v) is 11.7. The Bertz CT molecular complexity index is 626. The van der Waals surface area contributed by atoms with E-state index in [1.807, 2.05) is 0 Å². The van der Waals surface area contributed by atoms with Crippen LogP contribution in [0.2, 0.25) is 5.02 Å². The molecule has 2 N–H and O–H groups in total. The number of para-hydroxylation sites is 1. The molecule has 1 atom stereocenters. The monoisotopic (exact) mass is 305 g/mol. The molecule has 0 radical (unpaired) electrons. The lowest BCUT2D eigenvalue weighted by molar-refractivity contribution is -0.115. The van der Waals surface area contributed by atoms with Crippen LogP contribution in [0.1, 0.15) is 17.3 Å². The molecule has 1 rings (SSSR count). The third kappa shape index (κ3) is 3.68. The van der Waals surface area contributed by atoms with Crippen LogP contribution in [-0.2, 0) is 14.6 Å². The molecule has 0 saturated heterocycles. The van der Waals surface area contributed by atoms with Crippen LogP contribution in [0.5, 0.6) is 0 Å². The Balaban J connectivity index is 3.13. The van der Waals surface area contributed by atoms with Crippen LogP contribution in [0, 0.1) is 0 Å². The molecule has 1 aromatic carbocycles. The maximum Gasteiger partial charge on any atom is 0.337 e. The molecule has 0 aliphatic carbocycles. The molecule has 0 heterocycles. The van der Waals surface area contributed by atoms with Gasteiger partial charge in [0.2, 0.25) is 5.91 Å². The molecule has 19 heavy (non-hydrogen) atoms. The molecule has 8 heteroatoms. The molecule has 0 aliphatic rings. The summed E-state index contributed by atoms with van der Waals surface area (Å²) in [5, 5.41) is 9.93. The summed E-state index contributed by atoms with van der Waals surface area (Å²) in [6.45, 7) is 1.21. The molecule has 104 valence electrons. The van der Waals surface area contributed by atoms with Crippen molar-refractivity contribution in [1.82, 2.24) is 0 Å². The Kier molecular flexibility index (Phi) is 4.54. The summed E-state index contributed by atoms with van der Waals surface area (Å²) in [5.41, 5.74) is -0.321. The fraction of sp³-hybridized carbons (Fsp3) is 0.273. The number of nitrogens with one attached hydrogen (secondary N) is 1. The van der Waals surface area contributed by atoms with E-state index in [4.69, 9.17) is 16.7 Å². The lowest BCUT2D eigenvalue weighted by atomic mass is 10.1. The van der Waals surface area contributed by atoms with Crippen LogP contribution < -0.4 is 5.32 Å². The van der Waals surface area contributed by atoms with E-state index in [-0.39, 0.29) is 16.3 Å². The van der Waals surface area contributed by atoms with Crippen molar-refractivity contribution < 1.29 is 23.1 Å². The Hall–Kier alpha value is -1.60. The highest BCUT2D eigenvalue weighted by Crippen LogP contribution is 2.26. The van der Waals surface area contributed by atoms with Gasteiger partial charge in [0.15, 0.2) is 9.84 Å². The largest absolute Gasteiger partial charge is 0.478 e. The SMILES string of the molecule is CC(C(=O)Nc1c(Cl)cccc1C(=O)O)S(C)(=O)=O. The second-order valence-electron chi connectivity index (χ2n) is 3.93. The summed E-state index contributed by atoms with van der Waals surface area (Å²) >= 11 is 5.81. The van der Waals surface area contributed by atoms with Crippen molar-refractivity contribution in [2.24, 2.45) is 0 Å². The number of halogens is 1. The predicted molar refractivity (Wildman–Crippen MR) is 71.3 cm³/mol. The predicted octanol–water partition coefficient (Wildman–Crippen LogP) is 1.41. The van der Waals surface area contributed by atoms with Crippen LogP contribution in [-0.4, -0.2) is 36.9 Å². The number of carboxylic acids is 1. The van der Waals surface area contributed by atoms with Crippen LogP contribution in [0.15, 0.2) is 18.2 Å². The number of hydrogen-bond donors (Lipinski definition) is 2. The average Bonchev–Trinajstić information content (AvgIpc) is 2.29. The summed E-state index contributed by atoms with van der Waals surface area (Å²) < 4.78 is 22.5. The first-order valence-corrected chi connectivity index (χ1v) is 7.49. The zero-order valence-electron chi connectivity index (χ0n) is 10.2. The number of hydrogen-bond acceptors (Lipinski definition) is 4. The number of carboxylic acid groups (broad SMARTS) is 1. The number of amides is 1. The lowest BCUT2D eigenvalue weighted by Gasteiger charge is -2.13. The molecule has 0 aromatic heterocycles. The number of benzene rings is 1. The van der Waals surface area contributed by atoms with Crippen LogP contribution >= 0.6 is 11.6 Å². The molecular weight excluding hydrogens is 294 g/mol. The van der Waals surface area contributed by atoms with Crippen molar-refractivity contribution in [3.05, 3.63) is 28.8 Å². The van der Waals surface area contributed by atoms with E-state index in [0.717, 1.165) is 6.26 Å². The molecule has 0 bridgehead atoms. The summed E-state index contributed by atoms with van der Waals surface area (Å²) in [4.78, 5) is 22.7. The first-order valence-electron chi connectivity index (χ1n) is 5.16. The average molecular weight is 306 g/mol. The van der Waals surface area contributed by atoms with Gasteiger partial charge in [0, 0.05) is 6.26 Å². The second-order valence-corrected chi connectivity index (χ2v) is 6.70. The number of aromatic carboxylic acids is 1. The Morgan fingerprint density at radius 2 is 1.95 bits per heavy atom. The van der Waals surface area contributed by atoms with E-state index < -0.39 is 27.0 Å². The smallest absolute Gasteiger partial charge is 0.337 e. The van der Waals surface area contributed by atoms with Crippen molar-refractivity contribution in [1.29, 1.82) is 0 Å². The zero-order chi connectivity index (χ0) is 14.8. The number of sulfone groups is 1. The van der Waals surface area contributed by atoms with E-state index in [1.54, 1.807) is 0 Å². The van der Waals surface area contributed by atoms with Gasteiger partial charge < -0.3 is 10.4 Å². The molecule has 0 aliphatic heterocycles. The van der Waals surface area contributed by atoms with Crippen molar-refractivity contribution in [2.75, 3.05) is 11.6 Å². The van der Waals surface area contributed by atoms with Crippen molar-refractivity contribution in [2.45, 2.75) is 12.2 Å².